The summed E-state index contributed by atoms with van der Waals surface area (Å²) in [5.41, 5.74) is -1.30. The van der Waals surface area contributed by atoms with Crippen molar-refractivity contribution in [3.63, 3.8) is 0 Å². The maximum Gasteiger partial charge on any atom is 0.328 e. The smallest absolute Gasteiger partial charge is 0.328 e. The molecule has 0 aromatic carbocycles. The molecule has 0 aromatic heterocycles. The average Bonchev–Trinajstić information content (AvgIpc) is 3.01. The lowest BCUT2D eigenvalue weighted by Crippen LogP contribution is -2.51. The van der Waals surface area contributed by atoms with E-state index in [-0.39, 0.29) is 18.2 Å². The highest BCUT2D eigenvalue weighted by atomic mass is 16.4. The number of amides is 2. The number of aliphatic carboxylic acids is 1. The molecule has 18 heavy (non-hydrogen) atoms. The number of hydrogen-bond acceptors (Lipinski definition) is 3. The molecule has 0 aromatic rings. The lowest BCUT2D eigenvalue weighted by Gasteiger charge is -2.23. The first kappa shape index (κ1) is 12.9. The van der Waals surface area contributed by atoms with Gasteiger partial charge in [0, 0.05) is 19.0 Å². The number of likely N-dealkylation sites (tertiary alicyclic amines) is 1. The number of hydrogen-bond donors (Lipinski definition) is 2. The van der Waals surface area contributed by atoms with Crippen LogP contribution in [-0.4, -0.2) is 45.9 Å². The van der Waals surface area contributed by atoms with Crippen molar-refractivity contribution in [2.75, 3.05) is 6.54 Å². The number of carbonyl (C=O) groups excluding carboxylic acids is 2. The fraction of sp³-hybridized carbons (Fsp3) is 0.750. The van der Waals surface area contributed by atoms with Crippen molar-refractivity contribution in [1.29, 1.82) is 0 Å². The van der Waals surface area contributed by atoms with Crippen LogP contribution in [0.5, 0.6) is 0 Å². The van der Waals surface area contributed by atoms with Crippen LogP contribution >= 0.6 is 0 Å². The summed E-state index contributed by atoms with van der Waals surface area (Å²) in [6.45, 7) is 3.29. The Labute approximate surface area is 105 Å². The van der Waals surface area contributed by atoms with Crippen LogP contribution in [0.25, 0.3) is 0 Å². The first-order valence-electron chi connectivity index (χ1n) is 6.16. The van der Waals surface area contributed by atoms with Crippen LogP contribution in [0, 0.1) is 5.92 Å². The van der Waals surface area contributed by atoms with E-state index in [9.17, 15) is 14.4 Å². The average molecular weight is 254 g/mol. The molecule has 0 spiro atoms. The van der Waals surface area contributed by atoms with Crippen molar-refractivity contribution in [3.05, 3.63) is 0 Å². The van der Waals surface area contributed by atoms with Gasteiger partial charge in [0.2, 0.25) is 11.8 Å². The summed E-state index contributed by atoms with van der Waals surface area (Å²) in [6, 6.07) is 0.308. The topological polar surface area (TPSA) is 86.7 Å². The molecule has 1 unspecified atom stereocenters. The van der Waals surface area contributed by atoms with Gasteiger partial charge in [0.05, 0.1) is 5.92 Å². The maximum absolute atomic E-state index is 11.9. The van der Waals surface area contributed by atoms with E-state index in [4.69, 9.17) is 5.11 Å². The molecule has 2 aliphatic rings. The summed E-state index contributed by atoms with van der Waals surface area (Å²) in [5, 5.41) is 11.4. The van der Waals surface area contributed by atoms with E-state index in [1.54, 1.807) is 4.90 Å². The van der Waals surface area contributed by atoms with Crippen molar-refractivity contribution in [3.8, 4) is 0 Å². The molecule has 2 amide bonds. The van der Waals surface area contributed by atoms with Crippen molar-refractivity contribution in [2.24, 2.45) is 5.92 Å². The second-order valence-corrected chi connectivity index (χ2v) is 5.60. The molecule has 0 bridgehead atoms. The second kappa shape index (κ2) is 4.26. The number of rotatable bonds is 4. The molecule has 1 saturated heterocycles. The van der Waals surface area contributed by atoms with E-state index in [1.165, 1.54) is 13.8 Å². The molecule has 2 rings (SSSR count). The van der Waals surface area contributed by atoms with Gasteiger partial charge in [-0.3, -0.25) is 9.59 Å². The predicted molar refractivity (Wildman–Crippen MR) is 62.7 cm³/mol. The molecule has 1 aliphatic carbocycles. The summed E-state index contributed by atoms with van der Waals surface area (Å²) in [6.07, 6.45) is 2.22. The summed E-state index contributed by atoms with van der Waals surface area (Å²) in [5.74, 6) is -1.85. The van der Waals surface area contributed by atoms with Crippen LogP contribution in [0.2, 0.25) is 0 Å². The molecule has 6 nitrogen and oxygen atoms in total. The molecule has 1 saturated carbocycles. The number of nitrogens with one attached hydrogen (secondary N) is 1. The van der Waals surface area contributed by atoms with E-state index in [1.807, 2.05) is 0 Å². The Hall–Kier alpha value is -1.59. The zero-order valence-corrected chi connectivity index (χ0v) is 10.6. The fourth-order valence-corrected chi connectivity index (χ4v) is 2.11. The largest absolute Gasteiger partial charge is 0.480 e. The SMILES string of the molecule is CC(C)(NC(=O)C1CC(=O)N(C2CC2)C1)C(=O)O. The first-order valence-corrected chi connectivity index (χ1v) is 6.16. The highest BCUT2D eigenvalue weighted by molar-refractivity contribution is 5.92. The van der Waals surface area contributed by atoms with Gasteiger partial charge in [-0.15, -0.1) is 0 Å². The number of carboxylic acids is 1. The Morgan fingerprint density at radius 1 is 1.39 bits per heavy atom. The van der Waals surface area contributed by atoms with E-state index in [2.05, 4.69) is 5.32 Å². The van der Waals surface area contributed by atoms with E-state index >= 15 is 0 Å². The minimum Gasteiger partial charge on any atom is -0.480 e. The summed E-state index contributed by atoms with van der Waals surface area (Å²) in [7, 11) is 0. The second-order valence-electron chi connectivity index (χ2n) is 5.60. The monoisotopic (exact) mass is 254 g/mol. The minimum atomic E-state index is -1.30. The summed E-state index contributed by atoms with van der Waals surface area (Å²) in [4.78, 5) is 36.3. The quantitative estimate of drug-likeness (QED) is 0.738. The van der Waals surface area contributed by atoms with Crippen molar-refractivity contribution in [1.82, 2.24) is 10.2 Å². The van der Waals surface area contributed by atoms with Gasteiger partial charge in [0.25, 0.3) is 0 Å². The third kappa shape index (κ3) is 2.47. The number of nitrogens with zero attached hydrogens (tertiary/aromatic N) is 1. The number of carbonyl (C=O) groups is 3. The van der Waals surface area contributed by atoms with Crippen LogP contribution < -0.4 is 5.32 Å². The Balaban J connectivity index is 1.94. The van der Waals surface area contributed by atoms with Gasteiger partial charge in [-0.2, -0.15) is 0 Å². The summed E-state index contributed by atoms with van der Waals surface area (Å²) >= 11 is 0. The Morgan fingerprint density at radius 3 is 2.50 bits per heavy atom. The van der Waals surface area contributed by atoms with E-state index in [0.717, 1.165) is 12.8 Å². The predicted octanol–water partition coefficient (Wildman–Crippen LogP) is -0.0233. The zero-order chi connectivity index (χ0) is 13.5. The van der Waals surface area contributed by atoms with Gasteiger partial charge in [0.15, 0.2) is 0 Å². The highest BCUT2D eigenvalue weighted by Crippen LogP contribution is 2.32. The van der Waals surface area contributed by atoms with E-state index in [0.29, 0.717) is 12.6 Å². The standard InChI is InChI=1S/C12H18N2O4/c1-12(2,11(17)18)13-10(16)7-5-9(15)14(6-7)8-3-4-8/h7-8H,3-6H2,1-2H3,(H,13,16)(H,17,18). The first-order chi connectivity index (χ1) is 8.31. The van der Waals surface area contributed by atoms with Gasteiger partial charge >= 0.3 is 5.97 Å². The fourth-order valence-electron chi connectivity index (χ4n) is 2.11. The lowest BCUT2D eigenvalue weighted by atomic mass is 10.0. The normalized spacial score (nSPS) is 24.2. The van der Waals surface area contributed by atoms with Gasteiger partial charge in [0.1, 0.15) is 5.54 Å². The zero-order valence-electron chi connectivity index (χ0n) is 10.6. The molecule has 0 radical (unpaired) electrons. The lowest BCUT2D eigenvalue weighted by molar-refractivity contribution is -0.146. The molecule has 2 N–H and O–H groups in total. The third-order valence-corrected chi connectivity index (χ3v) is 3.49. The van der Waals surface area contributed by atoms with Crippen molar-refractivity contribution >= 4 is 17.8 Å². The van der Waals surface area contributed by atoms with Gasteiger partial charge in [-0.05, 0) is 26.7 Å². The minimum absolute atomic E-state index is 0.00535. The van der Waals surface area contributed by atoms with Crippen LogP contribution in [-0.2, 0) is 14.4 Å². The summed E-state index contributed by atoms with van der Waals surface area (Å²) < 4.78 is 0. The molecule has 2 fully saturated rings. The third-order valence-electron chi connectivity index (χ3n) is 3.49. The van der Waals surface area contributed by atoms with Crippen LogP contribution in [0.3, 0.4) is 0 Å². The molecular formula is C12H18N2O4. The molecule has 100 valence electrons. The van der Waals surface area contributed by atoms with E-state index < -0.39 is 17.4 Å². The molecule has 6 heteroatoms. The van der Waals surface area contributed by atoms with Crippen molar-refractivity contribution < 1.29 is 19.5 Å². The van der Waals surface area contributed by atoms with Gasteiger partial charge < -0.3 is 15.3 Å². The Bertz CT molecular complexity index is 401. The van der Waals surface area contributed by atoms with Crippen molar-refractivity contribution in [2.45, 2.75) is 44.7 Å². The Kier molecular flexibility index (Phi) is 3.04. The van der Waals surface area contributed by atoms with Crippen LogP contribution in [0.15, 0.2) is 0 Å². The molecule has 1 aliphatic heterocycles. The highest BCUT2D eigenvalue weighted by Gasteiger charge is 2.43. The van der Waals surface area contributed by atoms with Crippen LogP contribution in [0.4, 0.5) is 0 Å². The maximum atomic E-state index is 11.9. The molecule has 1 atom stereocenters. The Morgan fingerprint density at radius 2 is 2.00 bits per heavy atom. The van der Waals surface area contributed by atoms with Gasteiger partial charge in [-0.25, -0.2) is 4.79 Å². The molecular weight excluding hydrogens is 236 g/mol. The number of carboxylic acid groups (broad SMARTS) is 1. The van der Waals surface area contributed by atoms with Gasteiger partial charge in [-0.1, -0.05) is 0 Å². The van der Waals surface area contributed by atoms with Crippen LogP contribution in [0.1, 0.15) is 33.1 Å². The molecule has 1 heterocycles.